The first-order valence-corrected chi connectivity index (χ1v) is 9.01. The number of aliphatic hydroxyl groups excluding tert-OH is 1. The second kappa shape index (κ2) is 4.80. The summed E-state index contributed by atoms with van der Waals surface area (Å²) >= 11 is 0. The Labute approximate surface area is 142 Å². The molecule has 0 radical (unpaired) electrons. The predicted molar refractivity (Wildman–Crippen MR) is 88.6 cm³/mol. The predicted octanol–water partition coefficient (Wildman–Crippen LogP) is 2.52. The van der Waals surface area contributed by atoms with Crippen molar-refractivity contribution in [1.29, 1.82) is 5.26 Å². The summed E-state index contributed by atoms with van der Waals surface area (Å²) in [6, 6.07) is 2.14. The van der Waals surface area contributed by atoms with Gasteiger partial charge in [0, 0.05) is 16.7 Å². The first kappa shape index (κ1) is 16.1. The monoisotopic (exact) mass is 327 g/mol. The van der Waals surface area contributed by atoms with E-state index in [2.05, 4.69) is 13.0 Å². The maximum Gasteiger partial charge on any atom is 0.178 e. The molecule has 4 nitrogen and oxygen atoms in total. The zero-order valence-corrected chi connectivity index (χ0v) is 14.3. The first-order chi connectivity index (χ1) is 11.2. The molecule has 0 aromatic heterocycles. The third kappa shape index (κ3) is 1.78. The van der Waals surface area contributed by atoms with Gasteiger partial charge < -0.3 is 10.2 Å². The molecular weight excluding hydrogens is 302 g/mol. The van der Waals surface area contributed by atoms with Crippen molar-refractivity contribution in [2.24, 2.45) is 28.6 Å². The van der Waals surface area contributed by atoms with Crippen molar-refractivity contribution in [2.75, 3.05) is 0 Å². The molecule has 0 bridgehead atoms. The van der Waals surface area contributed by atoms with Crippen LogP contribution in [0.4, 0.5) is 0 Å². The number of hydrogen-bond donors (Lipinski definition) is 2. The van der Waals surface area contributed by atoms with E-state index >= 15 is 0 Å². The van der Waals surface area contributed by atoms with Gasteiger partial charge in [0.1, 0.15) is 0 Å². The van der Waals surface area contributed by atoms with Crippen LogP contribution in [0.3, 0.4) is 0 Å². The summed E-state index contributed by atoms with van der Waals surface area (Å²) in [5.74, 6) is 0.623. The molecule has 3 fully saturated rings. The van der Waals surface area contributed by atoms with Crippen molar-refractivity contribution in [3.05, 3.63) is 23.8 Å². The molecule has 0 heterocycles. The number of ketones is 1. The van der Waals surface area contributed by atoms with Gasteiger partial charge in [0.05, 0.1) is 12.2 Å². The third-order valence-electron chi connectivity index (χ3n) is 7.83. The summed E-state index contributed by atoms with van der Waals surface area (Å²) in [6.07, 6.45) is 8.36. The molecule has 4 heteroatoms. The van der Waals surface area contributed by atoms with Gasteiger partial charge in [0.25, 0.3) is 0 Å². The molecule has 0 spiro atoms. The lowest BCUT2D eigenvalue weighted by molar-refractivity contribution is -0.146. The third-order valence-corrected chi connectivity index (χ3v) is 7.83. The number of carbonyl (C=O) groups is 1. The van der Waals surface area contributed by atoms with E-state index in [1.807, 2.05) is 13.0 Å². The SMILES string of the molecule is C[C@]12C=CC(=O)C=C1CC[C@@H]1[C@@H]2[C@H](O)C[C@@]2(C)[C@H]1CC[C@]2(O)C#N. The van der Waals surface area contributed by atoms with Gasteiger partial charge in [0.15, 0.2) is 11.4 Å². The van der Waals surface area contributed by atoms with Gasteiger partial charge in [-0.1, -0.05) is 25.5 Å². The molecule has 0 saturated heterocycles. The van der Waals surface area contributed by atoms with Crippen LogP contribution in [0, 0.1) is 39.9 Å². The standard InChI is InChI=1S/C20H25NO3/c1-18-7-5-13(22)9-12(18)3-4-14-15-6-8-20(24,11-21)19(15,2)10-16(23)17(14)18/h5,7,9,14-17,23-24H,3-4,6,8,10H2,1-2H3/t14-,15-,16+,17+,18-,19-,20-/m0/s1. The number of nitrogens with zero attached hydrogens (tertiary/aromatic N) is 1. The van der Waals surface area contributed by atoms with Crippen molar-refractivity contribution in [1.82, 2.24) is 0 Å². The highest BCUT2D eigenvalue weighted by atomic mass is 16.3. The van der Waals surface area contributed by atoms with Crippen molar-refractivity contribution in [3.63, 3.8) is 0 Å². The van der Waals surface area contributed by atoms with Crippen LogP contribution in [0.1, 0.15) is 46.0 Å². The smallest absolute Gasteiger partial charge is 0.178 e. The molecule has 7 atom stereocenters. The van der Waals surface area contributed by atoms with Gasteiger partial charge in [0.2, 0.25) is 0 Å². The summed E-state index contributed by atoms with van der Waals surface area (Å²) in [7, 11) is 0. The van der Waals surface area contributed by atoms with Crippen molar-refractivity contribution in [2.45, 2.75) is 57.7 Å². The summed E-state index contributed by atoms with van der Waals surface area (Å²) < 4.78 is 0. The van der Waals surface area contributed by atoms with Crippen molar-refractivity contribution in [3.8, 4) is 6.07 Å². The second-order valence-corrected chi connectivity index (χ2v) is 8.72. The lowest BCUT2D eigenvalue weighted by Gasteiger charge is -2.59. The maximum absolute atomic E-state index is 11.8. The summed E-state index contributed by atoms with van der Waals surface area (Å²) in [4.78, 5) is 11.8. The highest BCUT2D eigenvalue weighted by molar-refractivity contribution is 6.01. The van der Waals surface area contributed by atoms with Gasteiger partial charge in [-0.15, -0.1) is 0 Å². The fourth-order valence-electron chi connectivity index (χ4n) is 6.51. The number of carbonyl (C=O) groups excluding carboxylic acids is 1. The molecule has 0 unspecified atom stereocenters. The fraction of sp³-hybridized carbons (Fsp3) is 0.700. The van der Waals surface area contributed by atoms with Crippen LogP contribution in [0.25, 0.3) is 0 Å². The Bertz CT molecular complexity index is 704. The van der Waals surface area contributed by atoms with Crippen LogP contribution in [0.15, 0.2) is 23.8 Å². The van der Waals surface area contributed by atoms with Gasteiger partial charge in [-0.25, -0.2) is 0 Å². The summed E-state index contributed by atoms with van der Waals surface area (Å²) in [5.41, 5.74) is -1.04. The van der Waals surface area contributed by atoms with E-state index in [-0.39, 0.29) is 29.0 Å². The molecule has 0 amide bonds. The molecule has 0 aliphatic heterocycles. The molecule has 4 aliphatic rings. The van der Waals surface area contributed by atoms with Crippen LogP contribution in [-0.4, -0.2) is 27.7 Å². The van der Waals surface area contributed by atoms with Gasteiger partial charge in [-0.3, -0.25) is 4.79 Å². The number of fused-ring (bicyclic) bond motifs is 5. The number of hydrogen-bond acceptors (Lipinski definition) is 4. The van der Waals surface area contributed by atoms with Crippen LogP contribution in [0.5, 0.6) is 0 Å². The molecule has 3 saturated carbocycles. The zero-order chi connectivity index (χ0) is 17.3. The minimum Gasteiger partial charge on any atom is -0.393 e. The molecule has 24 heavy (non-hydrogen) atoms. The average Bonchev–Trinajstić information content (AvgIpc) is 2.79. The average molecular weight is 327 g/mol. The summed E-state index contributed by atoms with van der Waals surface area (Å²) in [6.45, 7) is 4.12. The Kier molecular flexibility index (Phi) is 3.21. The van der Waals surface area contributed by atoms with E-state index in [0.717, 1.165) is 24.8 Å². The van der Waals surface area contributed by atoms with Gasteiger partial charge in [-0.05, 0) is 56.1 Å². The van der Waals surface area contributed by atoms with Crippen LogP contribution >= 0.6 is 0 Å². The van der Waals surface area contributed by atoms with Crippen LogP contribution in [0.2, 0.25) is 0 Å². The lowest BCUT2D eigenvalue weighted by Crippen LogP contribution is -2.59. The quantitative estimate of drug-likeness (QED) is 0.670. The van der Waals surface area contributed by atoms with Crippen LogP contribution < -0.4 is 0 Å². The minimum atomic E-state index is -1.33. The molecule has 0 aromatic carbocycles. The van der Waals surface area contributed by atoms with Crippen molar-refractivity contribution >= 4 is 5.78 Å². The highest BCUT2D eigenvalue weighted by Crippen LogP contribution is 2.66. The Morgan fingerprint density at radius 3 is 2.79 bits per heavy atom. The number of rotatable bonds is 0. The molecule has 4 aliphatic carbocycles. The minimum absolute atomic E-state index is 0.0378. The van der Waals surface area contributed by atoms with E-state index in [0.29, 0.717) is 12.8 Å². The normalized spacial score (nSPS) is 52.8. The van der Waals surface area contributed by atoms with E-state index in [1.165, 1.54) is 0 Å². The second-order valence-electron chi connectivity index (χ2n) is 8.72. The largest absolute Gasteiger partial charge is 0.393 e. The fourth-order valence-corrected chi connectivity index (χ4v) is 6.51. The first-order valence-electron chi connectivity index (χ1n) is 9.01. The number of allylic oxidation sites excluding steroid dienone is 4. The van der Waals surface area contributed by atoms with E-state index in [1.54, 1.807) is 12.2 Å². The van der Waals surface area contributed by atoms with Crippen LogP contribution in [-0.2, 0) is 4.79 Å². The molecule has 128 valence electrons. The molecule has 2 N–H and O–H groups in total. The Morgan fingerprint density at radius 1 is 1.33 bits per heavy atom. The van der Waals surface area contributed by atoms with E-state index in [9.17, 15) is 20.3 Å². The van der Waals surface area contributed by atoms with Gasteiger partial charge >= 0.3 is 0 Å². The Morgan fingerprint density at radius 2 is 2.08 bits per heavy atom. The van der Waals surface area contributed by atoms with Gasteiger partial charge in [-0.2, -0.15) is 5.26 Å². The zero-order valence-electron chi connectivity index (χ0n) is 14.3. The molecule has 0 aromatic rings. The molecular formula is C20H25NO3. The number of nitriles is 1. The molecule has 4 rings (SSSR count). The van der Waals surface area contributed by atoms with Crippen molar-refractivity contribution < 1.29 is 15.0 Å². The maximum atomic E-state index is 11.8. The highest BCUT2D eigenvalue weighted by Gasteiger charge is 2.66. The summed E-state index contributed by atoms with van der Waals surface area (Å²) in [5, 5.41) is 31.4. The number of aliphatic hydroxyl groups is 2. The Hall–Kier alpha value is -1.44. The Balaban J connectivity index is 1.77. The van der Waals surface area contributed by atoms with E-state index in [4.69, 9.17) is 0 Å². The lowest BCUT2D eigenvalue weighted by atomic mass is 9.46. The topological polar surface area (TPSA) is 81.3 Å². The van der Waals surface area contributed by atoms with E-state index < -0.39 is 17.1 Å².